The van der Waals surface area contributed by atoms with Gasteiger partial charge in [-0.2, -0.15) is 0 Å². The topological polar surface area (TPSA) is 96.0 Å². The van der Waals surface area contributed by atoms with Crippen molar-refractivity contribution in [2.45, 2.75) is 0 Å². The number of aldehydes is 1. The van der Waals surface area contributed by atoms with Crippen LogP contribution in [0.4, 0.5) is 5.69 Å². The number of carbonyl (C=O) groups is 1. The van der Waals surface area contributed by atoms with Crippen LogP contribution in [0.3, 0.4) is 0 Å². The standard InChI is InChI=1S/C16H13N3O5/c1-23-13-5-3-10(7-14(13)24-2)16-12(9-20)18-8-11(19(21)22)4-6-15(18)17-16/h3-9H,1-2H3. The number of nitro groups is 1. The van der Waals surface area contributed by atoms with Crippen LogP contribution in [0.5, 0.6) is 11.5 Å². The van der Waals surface area contributed by atoms with Crippen LogP contribution in [-0.4, -0.2) is 34.8 Å². The van der Waals surface area contributed by atoms with Gasteiger partial charge in [-0.25, -0.2) is 4.98 Å². The van der Waals surface area contributed by atoms with Gasteiger partial charge in [0.2, 0.25) is 0 Å². The Hall–Kier alpha value is -3.42. The van der Waals surface area contributed by atoms with E-state index < -0.39 is 4.92 Å². The van der Waals surface area contributed by atoms with Gasteiger partial charge >= 0.3 is 0 Å². The van der Waals surface area contributed by atoms with E-state index in [9.17, 15) is 14.9 Å². The van der Waals surface area contributed by atoms with E-state index in [-0.39, 0.29) is 11.4 Å². The van der Waals surface area contributed by atoms with Gasteiger partial charge in [0.1, 0.15) is 17.0 Å². The van der Waals surface area contributed by atoms with Crippen LogP contribution in [0, 0.1) is 10.1 Å². The number of nitrogens with zero attached hydrogens (tertiary/aromatic N) is 3. The molecule has 24 heavy (non-hydrogen) atoms. The van der Waals surface area contributed by atoms with Crippen molar-refractivity contribution in [3.63, 3.8) is 0 Å². The lowest BCUT2D eigenvalue weighted by Gasteiger charge is -2.08. The van der Waals surface area contributed by atoms with Crippen LogP contribution in [-0.2, 0) is 0 Å². The first-order valence-electron chi connectivity index (χ1n) is 6.93. The molecule has 0 saturated carbocycles. The summed E-state index contributed by atoms with van der Waals surface area (Å²) in [6, 6.07) is 7.98. The first-order chi connectivity index (χ1) is 11.6. The molecule has 0 bridgehead atoms. The number of aromatic nitrogens is 2. The highest BCUT2D eigenvalue weighted by Gasteiger charge is 2.17. The van der Waals surface area contributed by atoms with Gasteiger partial charge in [0.05, 0.1) is 25.3 Å². The van der Waals surface area contributed by atoms with Gasteiger partial charge in [-0.1, -0.05) is 0 Å². The molecule has 0 atom stereocenters. The van der Waals surface area contributed by atoms with Crippen LogP contribution < -0.4 is 9.47 Å². The Morgan fingerprint density at radius 3 is 2.54 bits per heavy atom. The van der Waals surface area contributed by atoms with Crippen LogP contribution >= 0.6 is 0 Å². The number of imidazole rings is 1. The molecule has 122 valence electrons. The quantitative estimate of drug-likeness (QED) is 0.406. The molecular weight excluding hydrogens is 314 g/mol. The molecular formula is C16H13N3O5. The molecule has 2 aromatic heterocycles. The highest BCUT2D eigenvalue weighted by molar-refractivity contribution is 5.86. The summed E-state index contributed by atoms with van der Waals surface area (Å²) in [5, 5.41) is 10.9. The van der Waals surface area contributed by atoms with Gasteiger partial charge in [0, 0.05) is 11.6 Å². The van der Waals surface area contributed by atoms with E-state index in [4.69, 9.17) is 9.47 Å². The van der Waals surface area contributed by atoms with Crippen molar-refractivity contribution in [1.29, 1.82) is 0 Å². The number of ether oxygens (including phenoxy) is 2. The summed E-state index contributed by atoms with van der Waals surface area (Å²) in [5.74, 6) is 1.04. The van der Waals surface area contributed by atoms with Gasteiger partial charge < -0.3 is 9.47 Å². The van der Waals surface area contributed by atoms with E-state index in [1.807, 2.05) is 0 Å². The molecule has 0 aliphatic carbocycles. The summed E-state index contributed by atoms with van der Waals surface area (Å²) >= 11 is 0. The van der Waals surface area contributed by atoms with Crippen LogP contribution in [0.1, 0.15) is 10.5 Å². The van der Waals surface area contributed by atoms with Crippen LogP contribution in [0.25, 0.3) is 16.9 Å². The summed E-state index contributed by atoms with van der Waals surface area (Å²) in [6.45, 7) is 0. The van der Waals surface area contributed by atoms with E-state index in [2.05, 4.69) is 4.98 Å². The molecule has 3 rings (SSSR count). The van der Waals surface area contributed by atoms with Crippen molar-refractivity contribution in [3.8, 4) is 22.8 Å². The molecule has 1 aromatic carbocycles. The molecule has 0 N–H and O–H groups in total. The van der Waals surface area contributed by atoms with Crippen molar-refractivity contribution in [2.24, 2.45) is 0 Å². The monoisotopic (exact) mass is 327 g/mol. The van der Waals surface area contributed by atoms with E-state index >= 15 is 0 Å². The second kappa shape index (κ2) is 5.99. The maximum absolute atomic E-state index is 11.5. The SMILES string of the molecule is COc1ccc(-c2nc3ccc([N+](=O)[O-])cn3c2C=O)cc1OC. The molecule has 8 heteroatoms. The molecule has 0 fully saturated rings. The van der Waals surface area contributed by atoms with Crippen LogP contribution in [0.2, 0.25) is 0 Å². The highest BCUT2D eigenvalue weighted by Crippen LogP contribution is 2.33. The third kappa shape index (κ3) is 2.43. The molecule has 0 aliphatic rings. The molecule has 0 radical (unpaired) electrons. The minimum atomic E-state index is -0.524. The van der Waals surface area contributed by atoms with Crippen molar-refractivity contribution >= 4 is 17.6 Å². The van der Waals surface area contributed by atoms with Gasteiger partial charge in [-0.3, -0.25) is 19.3 Å². The van der Waals surface area contributed by atoms with E-state index in [0.717, 1.165) is 0 Å². The Kier molecular flexibility index (Phi) is 3.87. The van der Waals surface area contributed by atoms with Crippen LogP contribution in [0.15, 0.2) is 36.5 Å². The van der Waals surface area contributed by atoms with E-state index in [0.29, 0.717) is 34.7 Å². The fourth-order valence-corrected chi connectivity index (χ4v) is 2.47. The van der Waals surface area contributed by atoms with Crippen molar-refractivity contribution in [1.82, 2.24) is 9.38 Å². The first-order valence-corrected chi connectivity index (χ1v) is 6.93. The summed E-state index contributed by atoms with van der Waals surface area (Å²) in [4.78, 5) is 26.4. The zero-order chi connectivity index (χ0) is 17.3. The fourth-order valence-electron chi connectivity index (χ4n) is 2.47. The summed E-state index contributed by atoms with van der Waals surface area (Å²) < 4.78 is 11.8. The molecule has 0 amide bonds. The second-order valence-corrected chi connectivity index (χ2v) is 4.91. The van der Waals surface area contributed by atoms with Crippen molar-refractivity contribution in [2.75, 3.05) is 14.2 Å². The summed E-state index contributed by atoms with van der Waals surface area (Å²) in [7, 11) is 3.04. The maximum atomic E-state index is 11.5. The molecule has 0 aliphatic heterocycles. The zero-order valence-electron chi connectivity index (χ0n) is 12.9. The highest BCUT2D eigenvalue weighted by atomic mass is 16.6. The Bertz CT molecular complexity index is 948. The predicted molar refractivity (Wildman–Crippen MR) is 85.8 cm³/mol. The lowest BCUT2D eigenvalue weighted by Crippen LogP contribution is -1.96. The molecule has 0 spiro atoms. The first kappa shape index (κ1) is 15.5. The number of hydrogen-bond donors (Lipinski definition) is 0. The number of fused-ring (bicyclic) bond motifs is 1. The lowest BCUT2D eigenvalue weighted by molar-refractivity contribution is -0.385. The lowest BCUT2D eigenvalue weighted by atomic mass is 10.1. The average molecular weight is 327 g/mol. The number of pyridine rings is 1. The Balaban J connectivity index is 2.22. The number of methoxy groups -OCH3 is 2. The largest absolute Gasteiger partial charge is 0.493 e. The minimum absolute atomic E-state index is 0.123. The van der Waals surface area contributed by atoms with Gasteiger partial charge in [-0.15, -0.1) is 0 Å². The van der Waals surface area contributed by atoms with Gasteiger partial charge in [-0.05, 0) is 24.3 Å². The van der Waals surface area contributed by atoms with E-state index in [1.165, 1.54) is 36.9 Å². The third-order valence-electron chi connectivity index (χ3n) is 3.62. The van der Waals surface area contributed by atoms with E-state index in [1.54, 1.807) is 18.2 Å². The van der Waals surface area contributed by atoms with Crippen molar-refractivity contribution < 1.29 is 19.2 Å². The Labute approximate surface area is 136 Å². The molecule has 3 aromatic rings. The van der Waals surface area contributed by atoms with Gasteiger partial charge in [0.15, 0.2) is 17.8 Å². The zero-order valence-corrected chi connectivity index (χ0v) is 12.9. The molecule has 8 nitrogen and oxygen atoms in total. The smallest absolute Gasteiger partial charge is 0.286 e. The number of rotatable bonds is 5. The maximum Gasteiger partial charge on any atom is 0.286 e. The predicted octanol–water partition coefficient (Wildman–Crippen LogP) is 2.74. The summed E-state index contributed by atoms with van der Waals surface area (Å²) in [6.07, 6.45) is 1.89. The number of benzene rings is 1. The number of hydrogen-bond acceptors (Lipinski definition) is 6. The second-order valence-electron chi connectivity index (χ2n) is 4.91. The number of carbonyl (C=O) groups excluding carboxylic acids is 1. The molecule has 2 heterocycles. The average Bonchev–Trinajstić information content (AvgIpc) is 2.98. The molecule has 0 saturated heterocycles. The molecule has 0 unspecified atom stereocenters. The Morgan fingerprint density at radius 2 is 1.92 bits per heavy atom. The van der Waals surface area contributed by atoms with Crippen molar-refractivity contribution in [3.05, 3.63) is 52.3 Å². The Morgan fingerprint density at radius 1 is 1.17 bits per heavy atom. The van der Waals surface area contributed by atoms with Gasteiger partial charge in [0.25, 0.3) is 5.69 Å². The minimum Gasteiger partial charge on any atom is -0.493 e. The fraction of sp³-hybridized carbons (Fsp3) is 0.125. The normalized spacial score (nSPS) is 10.6. The summed E-state index contributed by atoms with van der Waals surface area (Å²) in [5.41, 5.74) is 1.59. The third-order valence-corrected chi connectivity index (χ3v) is 3.62.